The van der Waals surface area contributed by atoms with Gasteiger partial charge >= 0.3 is 0 Å². The standard InChI is InChI=1S/C13H25NO/c1-3-4-5-6-7-10-14-12-8-9-13(11-12)15-2/h3,12-14H,1,4-11H2,2H3. The van der Waals surface area contributed by atoms with Crippen LogP contribution in [0.1, 0.15) is 44.9 Å². The zero-order valence-electron chi connectivity index (χ0n) is 10.0. The van der Waals surface area contributed by atoms with Crippen LogP contribution in [0.15, 0.2) is 12.7 Å². The molecular formula is C13H25NO. The molecule has 1 saturated carbocycles. The molecule has 0 bridgehead atoms. The molecule has 0 heterocycles. The highest BCUT2D eigenvalue weighted by molar-refractivity contribution is 4.80. The molecule has 0 spiro atoms. The van der Waals surface area contributed by atoms with E-state index in [1.807, 2.05) is 13.2 Å². The van der Waals surface area contributed by atoms with Crippen LogP contribution in [0, 0.1) is 0 Å². The summed E-state index contributed by atoms with van der Waals surface area (Å²) in [6.45, 7) is 4.89. The van der Waals surface area contributed by atoms with Gasteiger partial charge < -0.3 is 10.1 Å². The summed E-state index contributed by atoms with van der Waals surface area (Å²) in [5.74, 6) is 0. The lowest BCUT2D eigenvalue weighted by molar-refractivity contribution is 0.107. The Labute approximate surface area is 94.1 Å². The minimum atomic E-state index is 0.503. The number of unbranched alkanes of at least 4 members (excludes halogenated alkanes) is 3. The molecule has 2 nitrogen and oxygen atoms in total. The number of methoxy groups -OCH3 is 1. The van der Waals surface area contributed by atoms with Gasteiger partial charge in [-0.15, -0.1) is 6.58 Å². The van der Waals surface area contributed by atoms with E-state index in [1.165, 1.54) is 38.5 Å². The van der Waals surface area contributed by atoms with Gasteiger partial charge in [0, 0.05) is 13.2 Å². The fraction of sp³-hybridized carbons (Fsp3) is 0.846. The van der Waals surface area contributed by atoms with Gasteiger partial charge in [0.2, 0.25) is 0 Å². The largest absolute Gasteiger partial charge is 0.381 e. The average molecular weight is 211 g/mol. The lowest BCUT2D eigenvalue weighted by atomic mass is 10.2. The minimum absolute atomic E-state index is 0.503. The third-order valence-electron chi connectivity index (χ3n) is 3.24. The van der Waals surface area contributed by atoms with Crippen LogP contribution in [0.4, 0.5) is 0 Å². The number of hydrogen-bond acceptors (Lipinski definition) is 2. The van der Waals surface area contributed by atoms with Crippen LogP contribution in [0.5, 0.6) is 0 Å². The maximum Gasteiger partial charge on any atom is 0.0586 e. The molecule has 1 N–H and O–H groups in total. The summed E-state index contributed by atoms with van der Waals surface area (Å²) in [5.41, 5.74) is 0. The van der Waals surface area contributed by atoms with Gasteiger partial charge in [0.1, 0.15) is 0 Å². The van der Waals surface area contributed by atoms with Gasteiger partial charge in [0.25, 0.3) is 0 Å². The summed E-state index contributed by atoms with van der Waals surface area (Å²) >= 11 is 0. The molecule has 2 unspecified atom stereocenters. The first-order chi connectivity index (χ1) is 7.36. The van der Waals surface area contributed by atoms with Gasteiger partial charge in [-0.3, -0.25) is 0 Å². The highest BCUT2D eigenvalue weighted by atomic mass is 16.5. The molecule has 0 radical (unpaired) electrons. The fourth-order valence-corrected chi connectivity index (χ4v) is 2.24. The molecule has 1 aliphatic rings. The Kier molecular flexibility index (Phi) is 6.69. The SMILES string of the molecule is C=CCCCCCNC1CCC(OC)C1. The van der Waals surface area contributed by atoms with Crippen LogP contribution in [0.25, 0.3) is 0 Å². The molecule has 88 valence electrons. The minimum Gasteiger partial charge on any atom is -0.381 e. The normalized spacial score (nSPS) is 25.7. The van der Waals surface area contributed by atoms with Crippen molar-refractivity contribution in [2.75, 3.05) is 13.7 Å². The Hall–Kier alpha value is -0.340. The molecule has 0 aromatic heterocycles. The highest BCUT2D eigenvalue weighted by Gasteiger charge is 2.23. The molecule has 1 rings (SSSR count). The molecule has 1 aliphatic carbocycles. The van der Waals surface area contributed by atoms with Crippen molar-refractivity contribution in [1.29, 1.82) is 0 Å². The second kappa shape index (κ2) is 7.89. The maximum absolute atomic E-state index is 5.35. The van der Waals surface area contributed by atoms with Gasteiger partial charge in [0.05, 0.1) is 6.10 Å². The van der Waals surface area contributed by atoms with E-state index in [-0.39, 0.29) is 0 Å². The van der Waals surface area contributed by atoms with Crippen molar-refractivity contribution >= 4 is 0 Å². The zero-order valence-corrected chi connectivity index (χ0v) is 10.0. The van der Waals surface area contributed by atoms with Crippen LogP contribution in [-0.2, 0) is 4.74 Å². The first-order valence-electron chi connectivity index (χ1n) is 6.24. The number of nitrogens with one attached hydrogen (secondary N) is 1. The van der Waals surface area contributed by atoms with Gasteiger partial charge in [0.15, 0.2) is 0 Å². The molecule has 0 saturated heterocycles. The van der Waals surface area contributed by atoms with Crippen LogP contribution < -0.4 is 5.32 Å². The first-order valence-corrected chi connectivity index (χ1v) is 6.24. The second-order valence-corrected chi connectivity index (χ2v) is 4.46. The van der Waals surface area contributed by atoms with Crippen LogP contribution in [-0.4, -0.2) is 25.8 Å². The van der Waals surface area contributed by atoms with Crippen LogP contribution in [0.2, 0.25) is 0 Å². The molecule has 0 aromatic rings. The van der Waals surface area contributed by atoms with E-state index in [1.54, 1.807) is 0 Å². The summed E-state index contributed by atoms with van der Waals surface area (Å²) in [6.07, 6.45) is 11.3. The van der Waals surface area contributed by atoms with Gasteiger partial charge in [-0.25, -0.2) is 0 Å². The topological polar surface area (TPSA) is 21.3 Å². The van der Waals surface area contributed by atoms with E-state index >= 15 is 0 Å². The van der Waals surface area contributed by atoms with E-state index in [9.17, 15) is 0 Å². The first kappa shape index (κ1) is 12.7. The molecule has 0 aliphatic heterocycles. The van der Waals surface area contributed by atoms with E-state index in [0.29, 0.717) is 12.1 Å². The molecule has 2 heteroatoms. The Morgan fingerprint density at radius 2 is 2.20 bits per heavy atom. The molecule has 2 atom stereocenters. The summed E-state index contributed by atoms with van der Waals surface area (Å²) in [5, 5.41) is 3.62. The highest BCUT2D eigenvalue weighted by Crippen LogP contribution is 2.21. The summed E-state index contributed by atoms with van der Waals surface area (Å²) in [7, 11) is 1.82. The Bertz CT molecular complexity index is 170. The fourth-order valence-electron chi connectivity index (χ4n) is 2.24. The quantitative estimate of drug-likeness (QED) is 0.492. The van der Waals surface area contributed by atoms with Crippen LogP contribution in [0.3, 0.4) is 0 Å². The molecule has 1 fully saturated rings. The second-order valence-electron chi connectivity index (χ2n) is 4.46. The van der Waals surface area contributed by atoms with Gasteiger partial charge in [-0.1, -0.05) is 12.5 Å². The lowest BCUT2D eigenvalue weighted by Crippen LogP contribution is -2.28. The smallest absolute Gasteiger partial charge is 0.0586 e. The van der Waals surface area contributed by atoms with Crippen molar-refractivity contribution in [3.8, 4) is 0 Å². The predicted octanol–water partition coefficient (Wildman–Crippen LogP) is 2.89. The number of allylic oxidation sites excluding steroid dienone is 1. The van der Waals surface area contributed by atoms with Gasteiger partial charge in [-0.05, 0) is 45.1 Å². The van der Waals surface area contributed by atoms with Crippen molar-refractivity contribution in [2.24, 2.45) is 0 Å². The number of ether oxygens (including phenoxy) is 1. The molecule has 0 amide bonds. The third-order valence-corrected chi connectivity index (χ3v) is 3.24. The van der Waals surface area contributed by atoms with Crippen molar-refractivity contribution in [3.05, 3.63) is 12.7 Å². The number of hydrogen-bond donors (Lipinski definition) is 1. The Balaban J connectivity index is 1.90. The van der Waals surface area contributed by atoms with Crippen molar-refractivity contribution in [2.45, 2.75) is 57.1 Å². The van der Waals surface area contributed by atoms with Gasteiger partial charge in [-0.2, -0.15) is 0 Å². The molecular weight excluding hydrogens is 186 g/mol. The average Bonchev–Trinajstić information content (AvgIpc) is 2.71. The summed E-state index contributed by atoms with van der Waals surface area (Å²) in [4.78, 5) is 0. The van der Waals surface area contributed by atoms with E-state index in [0.717, 1.165) is 13.0 Å². The van der Waals surface area contributed by atoms with Crippen molar-refractivity contribution in [3.63, 3.8) is 0 Å². The maximum atomic E-state index is 5.35. The Morgan fingerprint density at radius 1 is 1.33 bits per heavy atom. The third kappa shape index (κ3) is 5.33. The Morgan fingerprint density at radius 3 is 2.87 bits per heavy atom. The van der Waals surface area contributed by atoms with Crippen molar-refractivity contribution < 1.29 is 4.74 Å². The molecule has 15 heavy (non-hydrogen) atoms. The van der Waals surface area contributed by atoms with E-state index in [4.69, 9.17) is 4.74 Å². The number of rotatable bonds is 8. The summed E-state index contributed by atoms with van der Waals surface area (Å²) in [6, 6.07) is 0.703. The summed E-state index contributed by atoms with van der Waals surface area (Å²) < 4.78 is 5.35. The monoisotopic (exact) mass is 211 g/mol. The van der Waals surface area contributed by atoms with E-state index < -0.39 is 0 Å². The molecule has 0 aromatic carbocycles. The zero-order chi connectivity index (χ0) is 10.9. The predicted molar refractivity (Wildman–Crippen MR) is 65.1 cm³/mol. The van der Waals surface area contributed by atoms with E-state index in [2.05, 4.69) is 11.9 Å². The van der Waals surface area contributed by atoms with Crippen molar-refractivity contribution in [1.82, 2.24) is 5.32 Å². The lowest BCUT2D eigenvalue weighted by Gasteiger charge is -2.12. The van der Waals surface area contributed by atoms with Crippen LogP contribution >= 0.6 is 0 Å².